The number of hydrogen-bond acceptors (Lipinski definition) is 3. The summed E-state index contributed by atoms with van der Waals surface area (Å²) in [5, 5.41) is 23.3. The van der Waals surface area contributed by atoms with Crippen LogP contribution in [0.5, 0.6) is 0 Å². The van der Waals surface area contributed by atoms with E-state index >= 15 is 0 Å². The number of aliphatic hydroxyl groups excluding tert-OH is 2. The first-order valence-corrected chi connectivity index (χ1v) is 37.6. The smallest absolute Gasteiger partial charge is 0.220 e. The Morgan fingerprint density at radius 2 is 0.487 bits per heavy atom. The molecule has 0 aliphatic rings. The largest absolute Gasteiger partial charge is 0.394 e. The van der Waals surface area contributed by atoms with Gasteiger partial charge in [0.25, 0.3) is 0 Å². The van der Waals surface area contributed by atoms with Crippen LogP contribution in [0.25, 0.3) is 0 Å². The van der Waals surface area contributed by atoms with E-state index in [1.165, 1.54) is 385 Å². The molecule has 0 bridgehead atoms. The van der Waals surface area contributed by atoms with E-state index in [0.717, 1.165) is 32.1 Å². The third-order valence-corrected chi connectivity index (χ3v) is 17.9. The van der Waals surface area contributed by atoms with Gasteiger partial charge in [0.2, 0.25) is 5.91 Å². The molecule has 0 aromatic carbocycles. The van der Waals surface area contributed by atoms with E-state index in [1.54, 1.807) is 6.08 Å². The fourth-order valence-corrected chi connectivity index (χ4v) is 12.3. The van der Waals surface area contributed by atoms with Crippen LogP contribution in [0.2, 0.25) is 0 Å². The highest BCUT2D eigenvalue weighted by Gasteiger charge is 2.18. The Balaban J connectivity index is 3.39. The minimum absolute atomic E-state index is 0.0634. The molecule has 0 rings (SSSR count). The first kappa shape index (κ1) is 78.9. The number of hydrogen-bond donors (Lipinski definition) is 3. The normalized spacial score (nSPS) is 12.7. The summed E-state index contributed by atoms with van der Waals surface area (Å²) in [6, 6.07) is -0.638. The maximum Gasteiger partial charge on any atom is 0.220 e. The van der Waals surface area contributed by atoms with Crippen molar-refractivity contribution in [2.75, 3.05) is 6.61 Å². The molecule has 2 atom stereocenters. The topological polar surface area (TPSA) is 69.6 Å². The van der Waals surface area contributed by atoms with Crippen molar-refractivity contribution < 1.29 is 15.0 Å². The minimum Gasteiger partial charge on any atom is -0.394 e. The van der Waals surface area contributed by atoms with Crippen molar-refractivity contribution in [2.24, 2.45) is 0 Å². The molecule has 0 aromatic heterocycles. The molecule has 4 heteroatoms. The Kier molecular flexibility index (Phi) is 71.1. The summed E-state index contributed by atoms with van der Waals surface area (Å²) < 4.78 is 0. The van der Waals surface area contributed by atoms with E-state index in [-0.39, 0.29) is 12.5 Å². The Morgan fingerprint density at radius 3 is 0.725 bits per heavy atom. The molecule has 476 valence electrons. The van der Waals surface area contributed by atoms with Gasteiger partial charge in [0.1, 0.15) is 0 Å². The summed E-state index contributed by atoms with van der Waals surface area (Å²) in [6.45, 7) is 4.36. The lowest BCUT2D eigenvalue weighted by Crippen LogP contribution is -2.45. The van der Waals surface area contributed by atoms with E-state index in [2.05, 4.69) is 31.3 Å². The van der Waals surface area contributed by atoms with Gasteiger partial charge in [-0.15, -0.1) is 0 Å². The molecule has 0 aliphatic heterocycles. The van der Waals surface area contributed by atoms with Crippen LogP contribution in [0.3, 0.4) is 0 Å². The van der Waals surface area contributed by atoms with Gasteiger partial charge in [-0.25, -0.2) is 0 Å². The summed E-state index contributed by atoms with van der Waals surface area (Å²) in [7, 11) is 0. The molecular formula is C76H149NO3. The molecule has 0 radical (unpaired) electrons. The van der Waals surface area contributed by atoms with Crippen molar-refractivity contribution in [3.05, 3.63) is 24.3 Å². The van der Waals surface area contributed by atoms with Gasteiger partial charge in [0, 0.05) is 6.42 Å². The molecule has 2 unspecified atom stereocenters. The van der Waals surface area contributed by atoms with Crippen molar-refractivity contribution in [2.45, 2.75) is 450 Å². The van der Waals surface area contributed by atoms with E-state index < -0.39 is 12.1 Å². The number of aliphatic hydroxyl groups is 2. The fraction of sp³-hybridized carbons (Fsp3) is 0.934. The molecule has 0 spiro atoms. The number of nitrogens with one attached hydrogen (secondary N) is 1. The zero-order valence-corrected chi connectivity index (χ0v) is 55.1. The molecule has 0 saturated heterocycles. The third kappa shape index (κ3) is 67.7. The van der Waals surface area contributed by atoms with Gasteiger partial charge in [0.05, 0.1) is 18.8 Å². The van der Waals surface area contributed by atoms with Crippen molar-refractivity contribution in [1.82, 2.24) is 5.32 Å². The van der Waals surface area contributed by atoms with Gasteiger partial charge < -0.3 is 15.5 Å². The van der Waals surface area contributed by atoms with Gasteiger partial charge in [-0.2, -0.15) is 0 Å². The number of amides is 1. The number of carbonyl (C=O) groups is 1. The van der Waals surface area contributed by atoms with Crippen molar-refractivity contribution >= 4 is 5.91 Å². The second-order valence-corrected chi connectivity index (χ2v) is 26.1. The molecule has 4 nitrogen and oxygen atoms in total. The maximum absolute atomic E-state index is 12.5. The first-order chi connectivity index (χ1) is 39.7. The molecule has 1 amide bonds. The lowest BCUT2D eigenvalue weighted by molar-refractivity contribution is -0.123. The Hall–Kier alpha value is -1.13. The van der Waals surface area contributed by atoms with Crippen LogP contribution in [0, 0.1) is 0 Å². The van der Waals surface area contributed by atoms with E-state index in [4.69, 9.17) is 0 Å². The number of unbranched alkanes of at least 4 members (excludes halogenated alkanes) is 62. The van der Waals surface area contributed by atoms with Crippen LogP contribution in [0.1, 0.15) is 438 Å². The van der Waals surface area contributed by atoms with Gasteiger partial charge in [0.15, 0.2) is 0 Å². The predicted octanol–water partition coefficient (Wildman–Crippen LogP) is 25.7. The second kappa shape index (κ2) is 72.1. The summed E-state index contributed by atoms with van der Waals surface area (Å²) in [6.07, 6.45) is 98.8. The molecular weight excluding hydrogens is 975 g/mol. The minimum atomic E-state index is -0.862. The van der Waals surface area contributed by atoms with Gasteiger partial charge in [-0.3, -0.25) is 4.79 Å². The summed E-state index contributed by atoms with van der Waals surface area (Å²) >= 11 is 0. The van der Waals surface area contributed by atoms with Crippen LogP contribution >= 0.6 is 0 Å². The Labute approximate surface area is 504 Å². The summed E-state index contributed by atoms with van der Waals surface area (Å²) in [5.74, 6) is -0.0634. The van der Waals surface area contributed by atoms with Gasteiger partial charge in [-0.05, 0) is 32.1 Å². The van der Waals surface area contributed by atoms with Crippen LogP contribution in [-0.2, 0) is 4.79 Å². The maximum atomic E-state index is 12.5. The van der Waals surface area contributed by atoms with Gasteiger partial charge >= 0.3 is 0 Å². The predicted molar refractivity (Wildman–Crippen MR) is 359 cm³/mol. The highest BCUT2D eigenvalue weighted by molar-refractivity contribution is 5.76. The summed E-state index contributed by atoms with van der Waals surface area (Å²) in [4.78, 5) is 12.5. The van der Waals surface area contributed by atoms with Crippen molar-refractivity contribution in [3.8, 4) is 0 Å². The molecule has 80 heavy (non-hydrogen) atoms. The number of allylic oxidation sites excluding steroid dienone is 3. The average molecular weight is 1130 g/mol. The standard InChI is InChI=1S/C76H149NO3/c1-3-5-7-9-11-13-15-17-19-21-23-25-27-29-31-33-34-35-36-37-38-39-40-41-42-44-46-48-50-52-54-56-58-60-62-64-66-68-70-72-76(80)77-74(73-78)75(79)71-69-67-65-63-61-59-57-55-53-51-49-47-45-43-32-30-28-26-24-22-20-18-16-14-12-10-8-6-4-2/h61,63,69,71,74-75,78-79H,3-60,62,64-68,70,72-73H2,1-2H3,(H,77,80)/b63-61+,71-69+. The lowest BCUT2D eigenvalue weighted by atomic mass is 10.0. The molecule has 0 aromatic rings. The third-order valence-electron chi connectivity index (χ3n) is 17.9. The van der Waals surface area contributed by atoms with Gasteiger partial charge in [-0.1, -0.05) is 423 Å². The number of carbonyl (C=O) groups excluding carboxylic acids is 1. The van der Waals surface area contributed by atoms with E-state index in [1.807, 2.05) is 6.08 Å². The quantitative estimate of drug-likeness (QED) is 0.0420. The van der Waals surface area contributed by atoms with E-state index in [0.29, 0.717) is 6.42 Å². The molecule has 3 N–H and O–H groups in total. The molecule has 0 fully saturated rings. The first-order valence-electron chi connectivity index (χ1n) is 37.6. The highest BCUT2D eigenvalue weighted by atomic mass is 16.3. The summed E-state index contributed by atoms with van der Waals surface area (Å²) in [5.41, 5.74) is 0. The lowest BCUT2D eigenvalue weighted by Gasteiger charge is -2.19. The second-order valence-electron chi connectivity index (χ2n) is 26.1. The Morgan fingerprint density at radius 1 is 0.287 bits per heavy atom. The molecule has 0 aliphatic carbocycles. The van der Waals surface area contributed by atoms with Crippen LogP contribution in [0.4, 0.5) is 0 Å². The van der Waals surface area contributed by atoms with Crippen LogP contribution in [-0.4, -0.2) is 34.9 Å². The number of rotatable bonds is 71. The monoisotopic (exact) mass is 1120 g/mol. The zero-order valence-electron chi connectivity index (χ0n) is 55.1. The highest BCUT2D eigenvalue weighted by Crippen LogP contribution is 2.20. The van der Waals surface area contributed by atoms with Crippen LogP contribution in [0.15, 0.2) is 24.3 Å². The van der Waals surface area contributed by atoms with Crippen molar-refractivity contribution in [1.29, 1.82) is 0 Å². The van der Waals surface area contributed by atoms with E-state index in [9.17, 15) is 15.0 Å². The zero-order chi connectivity index (χ0) is 57.6. The molecule has 0 saturated carbocycles. The average Bonchev–Trinajstić information content (AvgIpc) is 3.46. The SMILES string of the molecule is CCCCCCCCCCCCCCCCCCCCCCCCC/C=C/CC/C=C/C(O)C(CO)NC(=O)CCCCCCCCCCCCCCCCCCCCCCCCCCCCCCCCCCCCCCCCC. The fourth-order valence-electron chi connectivity index (χ4n) is 12.3. The molecule has 0 heterocycles. The van der Waals surface area contributed by atoms with Crippen molar-refractivity contribution in [3.63, 3.8) is 0 Å². The Bertz CT molecular complexity index is 1180. The van der Waals surface area contributed by atoms with Crippen LogP contribution < -0.4 is 5.32 Å².